The zero-order valence-electron chi connectivity index (χ0n) is 13.2. The average Bonchev–Trinajstić information content (AvgIpc) is 2.62. The number of urea groups is 1. The van der Waals surface area contributed by atoms with Gasteiger partial charge in [0.15, 0.2) is 0 Å². The normalized spacial score (nSPS) is 15.0. The molecule has 0 aromatic heterocycles. The number of para-hydroxylation sites is 2. The van der Waals surface area contributed by atoms with E-state index in [-0.39, 0.29) is 12.1 Å². The van der Waals surface area contributed by atoms with Gasteiger partial charge in [0.2, 0.25) is 0 Å². The van der Waals surface area contributed by atoms with E-state index in [1.54, 1.807) is 0 Å². The first kappa shape index (κ1) is 15.4. The maximum atomic E-state index is 12.4. The Morgan fingerprint density at radius 3 is 1.87 bits per heavy atom. The fourth-order valence-electron chi connectivity index (χ4n) is 3.00. The molecule has 1 saturated carbocycles. The molecule has 0 atom stereocenters. The third-order valence-electron chi connectivity index (χ3n) is 4.18. The van der Waals surface area contributed by atoms with Crippen molar-refractivity contribution < 1.29 is 4.79 Å². The quantitative estimate of drug-likeness (QED) is 0.824. The minimum atomic E-state index is -0.149. The van der Waals surface area contributed by atoms with Gasteiger partial charge in [0.05, 0.1) is 11.4 Å². The first-order valence-electron chi connectivity index (χ1n) is 8.30. The molecule has 4 nitrogen and oxygen atoms in total. The standard InChI is InChI=1S/C19H23N3O/c23-19(20-16-10-4-1-5-11-16)21-22(17-12-6-2-7-13-17)18-14-8-3-9-15-18/h2-3,6-9,12-16H,1,4-5,10-11H2,(H2,20,21,23). The maximum absolute atomic E-state index is 12.4. The maximum Gasteiger partial charge on any atom is 0.334 e. The van der Waals surface area contributed by atoms with E-state index in [0.29, 0.717) is 0 Å². The summed E-state index contributed by atoms with van der Waals surface area (Å²) in [5.41, 5.74) is 4.84. The molecule has 1 aliphatic rings. The zero-order valence-corrected chi connectivity index (χ0v) is 13.2. The Balaban J connectivity index is 1.72. The second-order valence-corrected chi connectivity index (χ2v) is 5.93. The Hall–Kier alpha value is -2.49. The lowest BCUT2D eigenvalue weighted by molar-refractivity contribution is 0.233. The predicted octanol–water partition coefficient (Wildman–Crippen LogP) is 4.37. The van der Waals surface area contributed by atoms with E-state index in [1.807, 2.05) is 65.7 Å². The Morgan fingerprint density at radius 2 is 1.35 bits per heavy atom. The van der Waals surface area contributed by atoms with Crippen LogP contribution < -0.4 is 15.8 Å². The minimum absolute atomic E-state index is 0.149. The monoisotopic (exact) mass is 309 g/mol. The summed E-state index contributed by atoms with van der Waals surface area (Å²) < 4.78 is 0. The van der Waals surface area contributed by atoms with Crippen molar-refractivity contribution in [1.29, 1.82) is 0 Å². The van der Waals surface area contributed by atoms with Crippen LogP contribution in [-0.2, 0) is 0 Å². The molecule has 3 rings (SSSR count). The average molecular weight is 309 g/mol. The summed E-state index contributed by atoms with van der Waals surface area (Å²) in [7, 11) is 0. The summed E-state index contributed by atoms with van der Waals surface area (Å²) in [5, 5.41) is 4.91. The van der Waals surface area contributed by atoms with Gasteiger partial charge in [0, 0.05) is 6.04 Å². The summed E-state index contributed by atoms with van der Waals surface area (Å²) in [4.78, 5) is 12.4. The van der Waals surface area contributed by atoms with Gasteiger partial charge in [0.1, 0.15) is 0 Å². The highest BCUT2D eigenvalue weighted by Crippen LogP contribution is 2.22. The topological polar surface area (TPSA) is 44.4 Å². The molecule has 23 heavy (non-hydrogen) atoms. The molecule has 1 aliphatic carbocycles. The molecular formula is C19H23N3O. The number of carbonyl (C=O) groups is 1. The molecule has 2 N–H and O–H groups in total. The van der Waals surface area contributed by atoms with Crippen LogP contribution in [0.3, 0.4) is 0 Å². The van der Waals surface area contributed by atoms with Crippen molar-refractivity contribution in [3.05, 3.63) is 60.7 Å². The Kier molecular flexibility index (Phi) is 5.14. The number of nitrogens with one attached hydrogen (secondary N) is 2. The molecule has 0 aliphatic heterocycles. The van der Waals surface area contributed by atoms with Crippen molar-refractivity contribution in [2.45, 2.75) is 38.1 Å². The third-order valence-corrected chi connectivity index (χ3v) is 4.18. The molecule has 2 amide bonds. The smallest absolute Gasteiger partial charge is 0.334 e. The number of hydrazine groups is 1. The lowest BCUT2D eigenvalue weighted by Crippen LogP contribution is -2.48. The summed E-state index contributed by atoms with van der Waals surface area (Å²) in [6.45, 7) is 0. The van der Waals surface area contributed by atoms with Crippen molar-refractivity contribution in [2.75, 3.05) is 5.01 Å². The van der Waals surface area contributed by atoms with Gasteiger partial charge in [-0.3, -0.25) is 5.01 Å². The molecule has 2 aromatic carbocycles. The lowest BCUT2D eigenvalue weighted by atomic mass is 9.96. The van der Waals surface area contributed by atoms with Gasteiger partial charge < -0.3 is 5.32 Å². The third kappa shape index (κ3) is 4.25. The van der Waals surface area contributed by atoms with E-state index in [4.69, 9.17) is 0 Å². The largest absolute Gasteiger partial charge is 0.334 e. The van der Waals surface area contributed by atoms with Crippen LogP contribution >= 0.6 is 0 Å². The molecule has 120 valence electrons. The number of hydrogen-bond acceptors (Lipinski definition) is 2. The number of hydrogen-bond donors (Lipinski definition) is 2. The van der Waals surface area contributed by atoms with E-state index in [1.165, 1.54) is 19.3 Å². The van der Waals surface area contributed by atoms with Gasteiger partial charge in [-0.15, -0.1) is 0 Å². The van der Waals surface area contributed by atoms with Crippen LogP contribution in [0.15, 0.2) is 60.7 Å². The van der Waals surface area contributed by atoms with Gasteiger partial charge in [0.25, 0.3) is 0 Å². The zero-order chi connectivity index (χ0) is 15.9. The molecule has 1 fully saturated rings. The number of nitrogens with zero attached hydrogens (tertiary/aromatic N) is 1. The molecule has 2 aromatic rings. The first-order chi connectivity index (χ1) is 11.3. The van der Waals surface area contributed by atoms with Crippen molar-refractivity contribution >= 4 is 17.4 Å². The SMILES string of the molecule is O=C(NC1CCCCC1)NN(c1ccccc1)c1ccccc1. The van der Waals surface area contributed by atoms with E-state index in [2.05, 4.69) is 10.7 Å². The van der Waals surface area contributed by atoms with E-state index < -0.39 is 0 Å². The predicted molar refractivity (Wildman–Crippen MR) is 93.6 cm³/mol. The summed E-state index contributed by atoms with van der Waals surface area (Å²) in [6.07, 6.45) is 5.83. The van der Waals surface area contributed by atoms with Gasteiger partial charge in [-0.1, -0.05) is 55.7 Å². The van der Waals surface area contributed by atoms with Crippen molar-refractivity contribution in [3.8, 4) is 0 Å². The fraction of sp³-hybridized carbons (Fsp3) is 0.316. The van der Waals surface area contributed by atoms with Crippen molar-refractivity contribution in [2.24, 2.45) is 0 Å². The highest BCUT2D eigenvalue weighted by atomic mass is 16.2. The van der Waals surface area contributed by atoms with E-state index in [9.17, 15) is 4.79 Å². The molecule has 0 bridgehead atoms. The number of amides is 2. The number of anilines is 2. The van der Waals surface area contributed by atoms with Crippen LogP contribution in [0.1, 0.15) is 32.1 Å². The molecule has 0 radical (unpaired) electrons. The number of rotatable bonds is 4. The van der Waals surface area contributed by atoms with Crippen LogP contribution in [0.2, 0.25) is 0 Å². The molecule has 4 heteroatoms. The van der Waals surface area contributed by atoms with Crippen LogP contribution in [0.4, 0.5) is 16.2 Å². The molecule has 0 unspecified atom stereocenters. The molecular weight excluding hydrogens is 286 g/mol. The van der Waals surface area contributed by atoms with Gasteiger partial charge in [-0.25, -0.2) is 10.2 Å². The van der Waals surface area contributed by atoms with Crippen LogP contribution in [0.25, 0.3) is 0 Å². The van der Waals surface area contributed by atoms with Crippen LogP contribution in [0, 0.1) is 0 Å². The first-order valence-corrected chi connectivity index (χ1v) is 8.30. The second-order valence-electron chi connectivity index (χ2n) is 5.93. The van der Waals surface area contributed by atoms with E-state index in [0.717, 1.165) is 24.2 Å². The Bertz CT molecular complexity index is 570. The number of benzene rings is 2. The molecule has 0 saturated heterocycles. The number of carbonyl (C=O) groups excluding carboxylic acids is 1. The summed E-state index contributed by atoms with van der Waals surface area (Å²) in [6, 6.07) is 19.9. The van der Waals surface area contributed by atoms with Crippen LogP contribution in [0.5, 0.6) is 0 Å². The Morgan fingerprint density at radius 1 is 0.826 bits per heavy atom. The summed E-state index contributed by atoms with van der Waals surface area (Å²) >= 11 is 0. The highest BCUT2D eigenvalue weighted by molar-refractivity contribution is 5.79. The van der Waals surface area contributed by atoms with Gasteiger partial charge in [-0.05, 0) is 37.1 Å². The lowest BCUT2D eigenvalue weighted by Gasteiger charge is -2.28. The van der Waals surface area contributed by atoms with Crippen LogP contribution in [-0.4, -0.2) is 12.1 Å². The molecule has 0 spiro atoms. The van der Waals surface area contributed by atoms with Crippen molar-refractivity contribution in [1.82, 2.24) is 10.7 Å². The summed E-state index contributed by atoms with van der Waals surface area (Å²) in [5.74, 6) is 0. The highest BCUT2D eigenvalue weighted by Gasteiger charge is 2.18. The second kappa shape index (κ2) is 7.68. The van der Waals surface area contributed by atoms with Gasteiger partial charge >= 0.3 is 6.03 Å². The molecule has 0 heterocycles. The minimum Gasteiger partial charge on any atom is -0.334 e. The Labute approximate surface area is 137 Å². The fourth-order valence-corrected chi connectivity index (χ4v) is 3.00. The van der Waals surface area contributed by atoms with Crippen molar-refractivity contribution in [3.63, 3.8) is 0 Å². The van der Waals surface area contributed by atoms with E-state index >= 15 is 0 Å². The van der Waals surface area contributed by atoms with Gasteiger partial charge in [-0.2, -0.15) is 0 Å².